The highest BCUT2D eigenvalue weighted by Gasteiger charge is 2.31. The Kier molecular flexibility index (Phi) is 5.05. The maximum atomic E-state index is 12.6. The van der Waals surface area contributed by atoms with Crippen LogP contribution in [0.3, 0.4) is 0 Å². The highest BCUT2D eigenvalue weighted by molar-refractivity contribution is 7.91. The van der Waals surface area contributed by atoms with E-state index in [2.05, 4.69) is 9.97 Å². The maximum Gasteiger partial charge on any atom is 0.252 e. The van der Waals surface area contributed by atoms with E-state index in [0.717, 1.165) is 24.2 Å². The van der Waals surface area contributed by atoms with Gasteiger partial charge in [-0.05, 0) is 37.3 Å². The Balaban J connectivity index is 1.62. The third-order valence-electron chi connectivity index (χ3n) is 3.77. The molecule has 1 atom stereocenters. The van der Waals surface area contributed by atoms with Gasteiger partial charge in [0.25, 0.3) is 10.0 Å². The second-order valence-corrected chi connectivity index (χ2v) is 8.59. The summed E-state index contributed by atoms with van der Waals surface area (Å²) in [6.07, 6.45) is 2.95. The SMILES string of the molecule is Cc1cc(CCC2CN(S(=O)(=O)c3cccs3)CCO2)ncn1. The minimum Gasteiger partial charge on any atom is -0.375 e. The lowest BCUT2D eigenvalue weighted by atomic mass is 10.1. The molecule has 1 unspecified atom stereocenters. The molecule has 0 amide bonds. The van der Waals surface area contributed by atoms with Gasteiger partial charge in [-0.2, -0.15) is 4.31 Å². The van der Waals surface area contributed by atoms with E-state index in [0.29, 0.717) is 23.9 Å². The lowest BCUT2D eigenvalue weighted by molar-refractivity contribution is -0.00533. The molecule has 23 heavy (non-hydrogen) atoms. The Bertz CT molecular complexity index is 747. The third kappa shape index (κ3) is 3.95. The van der Waals surface area contributed by atoms with Crippen molar-refractivity contribution in [3.8, 4) is 0 Å². The number of aromatic nitrogens is 2. The molecule has 2 aromatic heterocycles. The fourth-order valence-corrected chi connectivity index (χ4v) is 5.18. The van der Waals surface area contributed by atoms with Crippen LogP contribution in [-0.4, -0.2) is 48.5 Å². The lowest BCUT2D eigenvalue weighted by Crippen LogP contribution is -2.45. The standard InChI is InChI=1S/C15H19N3O3S2/c1-12-9-13(17-11-16-12)4-5-14-10-18(6-7-21-14)23(19,20)15-3-2-8-22-15/h2-3,8-9,11,14H,4-7,10H2,1H3. The van der Waals surface area contributed by atoms with Gasteiger partial charge in [-0.1, -0.05) is 6.07 Å². The van der Waals surface area contributed by atoms with Crippen LogP contribution in [0.2, 0.25) is 0 Å². The second-order valence-electron chi connectivity index (χ2n) is 5.48. The van der Waals surface area contributed by atoms with Gasteiger partial charge in [0.05, 0.1) is 12.7 Å². The summed E-state index contributed by atoms with van der Waals surface area (Å²) in [6, 6.07) is 5.35. The van der Waals surface area contributed by atoms with Crippen LogP contribution in [0.1, 0.15) is 17.8 Å². The van der Waals surface area contributed by atoms with E-state index < -0.39 is 10.0 Å². The number of nitrogens with zero attached hydrogens (tertiary/aromatic N) is 3. The van der Waals surface area contributed by atoms with Gasteiger partial charge in [-0.3, -0.25) is 0 Å². The van der Waals surface area contributed by atoms with Gasteiger partial charge in [0, 0.05) is 24.5 Å². The third-order valence-corrected chi connectivity index (χ3v) is 7.01. The van der Waals surface area contributed by atoms with Crippen molar-refractivity contribution < 1.29 is 13.2 Å². The summed E-state index contributed by atoms with van der Waals surface area (Å²) >= 11 is 1.25. The van der Waals surface area contributed by atoms with Crippen molar-refractivity contribution in [1.29, 1.82) is 0 Å². The second kappa shape index (κ2) is 7.04. The van der Waals surface area contributed by atoms with E-state index in [9.17, 15) is 8.42 Å². The lowest BCUT2D eigenvalue weighted by Gasteiger charge is -2.31. The summed E-state index contributed by atoms with van der Waals surface area (Å²) in [5.74, 6) is 0. The monoisotopic (exact) mass is 353 g/mol. The fourth-order valence-electron chi connectivity index (χ4n) is 2.58. The first kappa shape index (κ1) is 16.5. The summed E-state index contributed by atoms with van der Waals surface area (Å²) in [7, 11) is -3.40. The number of morpholine rings is 1. The first-order chi connectivity index (χ1) is 11.1. The number of sulfonamides is 1. The minimum absolute atomic E-state index is 0.103. The highest BCUT2D eigenvalue weighted by atomic mass is 32.2. The van der Waals surface area contributed by atoms with Gasteiger partial charge in [-0.25, -0.2) is 18.4 Å². The van der Waals surface area contributed by atoms with Crippen LogP contribution < -0.4 is 0 Å². The molecule has 0 aromatic carbocycles. The van der Waals surface area contributed by atoms with Gasteiger partial charge >= 0.3 is 0 Å². The van der Waals surface area contributed by atoms with Crippen molar-refractivity contribution in [1.82, 2.24) is 14.3 Å². The molecule has 0 saturated carbocycles. The average molecular weight is 353 g/mol. The Morgan fingerprint density at radius 1 is 1.43 bits per heavy atom. The molecular formula is C15H19N3O3S2. The van der Waals surface area contributed by atoms with Crippen LogP contribution in [0.5, 0.6) is 0 Å². The average Bonchev–Trinajstić information content (AvgIpc) is 3.09. The molecule has 3 heterocycles. The topological polar surface area (TPSA) is 72.4 Å². The summed E-state index contributed by atoms with van der Waals surface area (Å²) < 4.78 is 32.8. The van der Waals surface area contributed by atoms with Crippen LogP contribution >= 0.6 is 11.3 Å². The Labute approximate surface area is 140 Å². The first-order valence-corrected chi connectivity index (χ1v) is 9.80. The van der Waals surface area contributed by atoms with Gasteiger partial charge in [0.2, 0.25) is 0 Å². The molecule has 3 rings (SSSR count). The summed E-state index contributed by atoms with van der Waals surface area (Å²) in [4.78, 5) is 8.31. The van der Waals surface area contributed by atoms with Gasteiger partial charge in [0.15, 0.2) is 0 Å². The number of aryl methyl sites for hydroxylation is 2. The van der Waals surface area contributed by atoms with Gasteiger partial charge in [0.1, 0.15) is 10.5 Å². The normalized spacial score (nSPS) is 19.8. The molecule has 2 aromatic rings. The Morgan fingerprint density at radius 3 is 3.04 bits per heavy atom. The highest BCUT2D eigenvalue weighted by Crippen LogP contribution is 2.23. The fraction of sp³-hybridized carbons (Fsp3) is 0.467. The van der Waals surface area contributed by atoms with Crippen molar-refractivity contribution in [3.05, 3.63) is 41.3 Å². The summed E-state index contributed by atoms with van der Waals surface area (Å²) in [5.41, 5.74) is 1.89. The van der Waals surface area contributed by atoms with Gasteiger partial charge < -0.3 is 4.74 Å². The maximum absolute atomic E-state index is 12.6. The van der Waals surface area contributed by atoms with E-state index in [4.69, 9.17) is 4.74 Å². The van der Waals surface area contributed by atoms with Crippen LogP contribution in [0.4, 0.5) is 0 Å². The predicted octanol–water partition coefficient (Wildman–Crippen LogP) is 1.87. The molecule has 6 nitrogen and oxygen atoms in total. The zero-order valence-corrected chi connectivity index (χ0v) is 14.5. The molecule has 1 aliphatic rings. The molecule has 8 heteroatoms. The smallest absolute Gasteiger partial charge is 0.252 e. The van der Waals surface area contributed by atoms with Crippen molar-refractivity contribution in [3.63, 3.8) is 0 Å². The molecule has 1 saturated heterocycles. The van der Waals surface area contributed by atoms with Gasteiger partial charge in [-0.15, -0.1) is 11.3 Å². The molecule has 1 fully saturated rings. The van der Waals surface area contributed by atoms with E-state index in [-0.39, 0.29) is 6.10 Å². The predicted molar refractivity (Wildman–Crippen MR) is 87.9 cm³/mol. The van der Waals surface area contributed by atoms with Crippen molar-refractivity contribution >= 4 is 21.4 Å². The number of hydrogen-bond acceptors (Lipinski definition) is 6. The summed E-state index contributed by atoms with van der Waals surface area (Å²) in [6.45, 7) is 3.16. The zero-order chi connectivity index (χ0) is 16.3. The van der Waals surface area contributed by atoms with Crippen LogP contribution in [0.15, 0.2) is 34.1 Å². The van der Waals surface area contributed by atoms with Crippen LogP contribution in [0.25, 0.3) is 0 Å². The molecular weight excluding hydrogens is 334 g/mol. The molecule has 0 bridgehead atoms. The minimum atomic E-state index is -3.40. The molecule has 0 aliphatic carbocycles. The Hall–Kier alpha value is -1.35. The first-order valence-electron chi connectivity index (χ1n) is 7.48. The molecule has 0 spiro atoms. The van der Waals surface area contributed by atoms with Crippen molar-refractivity contribution in [2.45, 2.75) is 30.1 Å². The Morgan fingerprint density at radius 2 is 2.30 bits per heavy atom. The molecule has 0 radical (unpaired) electrons. The molecule has 0 N–H and O–H groups in total. The van der Waals surface area contributed by atoms with Crippen LogP contribution in [-0.2, 0) is 21.2 Å². The number of ether oxygens (including phenoxy) is 1. The molecule has 1 aliphatic heterocycles. The van der Waals surface area contributed by atoms with Crippen LogP contribution in [0, 0.1) is 6.92 Å². The zero-order valence-electron chi connectivity index (χ0n) is 12.9. The summed E-state index contributed by atoms with van der Waals surface area (Å²) in [5, 5.41) is 1.78. The van der Waals surface area contributed by atoms with Crippen molar-refractivity contribution in [2.75, 3.05) is 19.7 Å². The van der Waals surface area contributed by atoms with E-state index >= 15 is 0 Å². The number of hydrogen-bond donors (Lipinski definition) is 0. The number of rotatable bonds is 5. The van der Waals surface area contributed by atoms with E-state index in [1.54, 1.807) is 23.8 Å². The molecule has 124 valence electrons. The quantitative estimate of drug-likeness (QED) is 0.820. The van der Waals surface area contributed by atoms with E-state index in [1.165, 1.54) is 15.6 Å². The number of thiophene rings is 1. The van der Waals surface area contributed by atoms with E-state index in [1.807, 2.05) is 13.0 Å². The largest absolute Gasteiger partial charge is 0.375 e. The van der Waals surface area contributed by atoms with Crippen molar-refractivity contribution in [2.24, 2.45) is 0 Å².